The highest BCUT2D eigenvalue weighted by atomic mass is 16.5. The molecule has 1 amide bonds. The summed E-state index contributed by atoms with van der Waals surface area (Å²) in [5.74, 6) is 1.33. The first-order valence-electron chi connectivity index (χ1n) is 7.27. The molecule has 0 unspecified atom stereocenters. The van der Waals surface area contributed by atoms with Crippen LogP contribution in [0.5, 0.6) is 11.5 Å². The van der Waals surface area contributed by atoms with Gasteiger partial charge in [0.1, 0.15) is 0 Å². The molecule has 0 aliphatic heterocycles. The first kappa shape index (κ1) is 15.6. The van der Waals surface area contributed by atoms with Crippen LogP contribution in [-0.2, 0) is 4.79 Å². The molecule has 1 heterocycles. The number of carbonyl (C=O) groups is 1. The number of carbonyl (C=O) groups excluding carboxylic acids is 1. The Bertz CT molecular complexity index is 899. The number of ether oxygens (including phenoxy) is 2. The van der Waals surface area contributed by atoms with E-state index in [4.69, 9.17) is 14.0 Å². The number of methoxy groups -OCH3 is 2. The van der Waals surface area contributed by atoms with Gasteiger partial charge in [0, 0.05) is 6.08 Å². The van der Waals surface area contributed by atoms with E-state index in [1.54, 1.807) is 38.5 Å². The number of benzene rings is 2. The molecule has 0 saturated carbocycles. The van der Waals surface area contributed by atoms with Crippen molar-refractivity contribution in [2.24, 2.45) is 0 Å². The quantitative estimate of drug-likeness (QED) is 0.727. The van der Waals surface area contributed by atoms with Crippen molar-refractivity contribution < 1.29 is 18.8 Å². The lowest BCUT2D eigenvalue weighted by molar-refractivity contribution is -0.111. The minimum atomic E-state index is -0.302. The topological polar surface area (TPSA) is 73.6 Å². The molecular weight excluding hydrogens is 308 g/mol. The predicted molar refractivity (Wildman–Crippen MR) is 91.2 cm³/mol. The third kappa shape index (κ3) is 3.22. The van der Waals surface area contributed by atoms with E-state index in [9.17, 15) is 4.79 Å². The summed E-state index contributed by atoms with van der Waals surface area (Å²) in [4.78, 5) is 12.1. The van der Waals surface area contributed by atoms with Crippen LogP contribution >= 0.6 is 0 Å². The molecule has 3 rings (SSSR count). The van der Waals surface area contributed by atoms with Crippen LogP contribution in [0.1, 0.15) is 5.56 Å². The Kier molecular flexibility index (Phi) is 4.47. The summed E-state index contributed by atoms with van der Waals surface area (Å²) in [6.45, 7) is 0. The van der Waals surface area contributed by atoms with Gasteiger partial charge in [0.15, 0.2) is 22.9 Å². The van der Waals surface area contributed by atoms with Crippen molar-refractivity contribution in [1.82, 2.24) is 5.16 Å². The van der Waals surface area contributed by atoms with E-state index in [1.807, 2.05) is 24.3 Å². The zero-order chi connectivity index (χ0) is 16.9. The lowest BCUT2D eigenvalue weighted by Crippen LogP contribution is -2.08. The summed E-state index contributed by atoms with van der Waals surface area (Å²) >= 11 is 0. The van der Waals surface area contributed by atoms with E-state index in [2.05, 4.69) is 10.5 Å². The standard InChI is InChI=1S/C18H16N2O4/c1-22-15-9-7-12(11-16(15)23-2)8-10-17(21)19-18-13-5-3-4-6-14(13)24-20-18/h3-11H,1-2H3,(H,19,20,21)/b10-8+. The maximum Gasteiger partial charge on any atom is 0.249 e. The first-order valence-corrected chi connectivity index (χ1v) is 7.27. The Morgan fingerprint density at radius 2 is 1.92 bits per heavy atom. The normalized spacial score (nSPS) is 10.9. The molecule has 2 aromatic carbocycles. The SMILES string of the molecule is COc1ccc(/C=C/C(=O)Nc2noc3ccccc23)cc1OC. The molecule has 0 radical (unpaired) electrons. The fourth-order valence-corrected chi connectivity index (χ4v) is 2.26. The average Bonchev–Trinajstić information content (AvgIpc) is 3.02. The summed E-state index contributed by atoms with van der Waals surface area (Å²) < 4.78 is 15.6. The van der Waals surface area contributed by atoms with E-state index < -0.39 is 0 Å². The van der Waals surface area contributed by atoms with Gasteiger partial charge in [-0.1, -0.05) is 23.4 Å². The Balaban J connectivity index is 1.73. The molecule has 3 aromatic rings. The zero-order valence-electron chi connectivity index (χ0n) is 13.3. The number of amides is 1. The van der Waals surface area contributed by atoms with Gasteiger partial charge < -0.3 is 19.3 Å². The van der Waals surface area contributed by atoms with Crippen molar-refractivity contribution in [2.75, 3.05) is 19.5 Å². The molecule has 0 atom stereocenters. The molecule has 0 bridgehead atoms. The largest absolute Gasteiger partial charge is 0.493 e. The van der Waals surface area contributed by atoms with Crippen molar-refractivity contribution in [1.29, 1.82) is 0 Å². The number of rotatable bonds is 5. The highest BCUT2D eigenvalue weighted by Crippen LogP contribution is 2.28. The van der Waals surface area contributed by atoms with Gasteiger partial charge in [-0.05, 0) is 35.9 Å². The van der Waals surface area contributed by atoms with Crippen LogP contribution in [0.4, 0.5) is 5.82 Å². The number of hydrogen-bond acceptors (Lipinski definition) is 5. The molecule has 0 saturated heterocycles. The minimum Gasteiger partial charge on any atom is -0.493 e. The Morgan fingerprint density at radius 1 is 1.12 bits per heavy atom. The fourth-order valence-electron chi connectivity index (χ4n) is 2.26. The first-order chi connectivity index (χ1) is 11.7. The second kappa shape index (κ2) is 6.87. The smallest absolute Gasteiger partial charge is 0.249 e. The predicted octanol–water partition coefficient (Wildman–Crippen LogP) is 3.50. The van der Waals surface area contributed by atoms with Crippen LogP contribution in [0.15, 0.2) is 53.1 Å². The van der Waals surface area contributed by atoms with Crippen LogP contribution in [0, 0.1) is 0 Å². The van der Waals surface area contributed by atoms with E-state index in [-0.39, 0.29) is 5.91 Å². The second-order valence-electron chi connectivity index (χ2n) is 4.96. The van der Waals surface area contributed by atoms with Gasteiger partial charge in [-0.25, -0.2) is 0 Å². The van der Waals surface area contributed by atoms with Gasteiger partial charge in [-0.3, -0.25) is 4.79 Å². The Morgan fingerprint density at radius 3 is 2.71 bits per heavy atom. The van der Waals surface area contributed by atoms with E-state index in [0.717, 1.165) is 10.9 Å². The van der Waals surface area contributed by atoms with Gasteiger partial charge in [0.2, 0.25) is 5.91 Å². The third-order valence-electron chi connectivity index (χ3n) is 3.45. The number of fused-ring (bicyclic) bond motifs is 1. The monoisotopic (exact) mass is 324 g/mol. The molecule has 6 nitrogen and oxygen atoms in total. The molecule has 1 N–H and O–H groups in total. The molecule has 0 fully saturated rings. The zero-order valence-corrected chi connectivity index (χ0v) is 13.3. The molecule has 122 valence electrons. The second-order valence-corrected chi connectivity index (χ2v) is 4.96. The lowest BCUT2D eigenvalue weighted by atomic mass is 10.2. The van der Waals surface area contributed by atoms with Gasteiger partial charge in [0.05, 0.1) is 19.6 Å². The molecule has 0 spiro atoms. The highest BCUT2D eigenvalue weighted by Gasteiger charge is 2.09. The average molecular weight is 324 g/mol. The third-order valence-corrected chi connectivity index (χ3v) is 3.45. The number of para-hydroxylation sites is 1. The maximum absolute atomic E-state index is 12.1. The van der Waals surface area contributed by atoms with Crippen molar-refractivity contribution in [2.45, 2.75) is 0 Å². The molecule has 0 aliphatic rings. The summed E-state index contributed by atoms with van der Waals surface area (Å²) in [5.41, 5.74) is 1.43. The molecule has 1 aromatic heterocycles. The van der Waals surface area contributed by atoms with Crippen LogP contribution in [-0.4, -0.2) is 25.3 Å². The Labute approximate surface area is 138 Å². The maximum atomic E-state index is 12.1. The number of anilines is 1. The summed E-state index contributed by atoms with van der Waals surface area (Å²) in [7, 11) is 3.14. The summed E-state index contributed by atoms with van der Waals surface area (Å²) in [6, 6.07) is 12.7. The molecule has 24 heavy (non-hydrogen) atoms. The Hall–Kier alpha value is -3.28. The van der Waals surface area contributed by atoms with Gasteiger partial charge in [-0.2, -0.15) is 0 Å². The molecular formula is C18H16N2O4. The van der Waals surface area contributed by atoms with E-state index in [0.29, 0.717) is 22.9 Å². The van der Waals surface area contributed by atoms with Gasteiger partial charge in [-0.15, -0.1) is 0 Å². The van der Waals surface area contributed by atoms with Crippen LogP contribution in [0.2, 0.25) is 0 Å². The number of nitrogens with zero attached hydrogens (tertiary/aromatic N) is 1. The van der Waals surface area contributed by atoms with Crippen LogP contribution < -0.4 is 14.8 Å². The van der Waals surface area contributed by atoms with E-state index >= 15 is 0 Å². The van der Waals surface area contributed by atoms with Gasteiger partial charge in [0.25, 0.3) is 0 Å². The molecule has 0 aliphatic carbocycles. The van der Waals surface area contributed by atoms with Crippen molar-refractivity contribution in [3.05, 3.63) is 54.1 Å². The number of nitrogens with one attached hydrogen (secondary N) is 1. The van der Waals surface area contributed by atoms with Crippen LogP contribution in [0.25, 0.3) is 17.0 Å². The lowest BCUT2D eigenvalue weighted by Gasteiger charge is -2.07. The van der Waals surface area contributed by atoms with Crippen LogP contribution in [0.3, 0.4) is 0 Å². The highest BCUT2D eigenvalue weighted by molar-refractivity contribution is 6.05. The number of hydrogen-bond donors (Lipinski definition) is 1. The van der Waals surface area contributed by atoms with E-state index in [1.165, 1.54) is 6.08 Å². The fraction of sp³-hybridized carbons (Fsp3) is 0.111. The van der Waals surface area contributed by atoms with Gasteiger partial charge >= 0.3 is 0 Å². The van der Waals surface area contributed by atoms with Crippen molar-refractivity contribution in [3.8, 4) is 11.5 Å². The number of aromatic nitrogens is 1. The summed E-state index contributed by atoms with van der Waals surface area (Å²) in [6.07, 6.45) is 3.10. The molecule has 6 heteroatoms. The minimum absolute atomic E-state index is 0.302. The van der Waals surface area contributed by atoms with Crippen molar-refractivity contribution >= 4 is 28.8 Å². The van der Waals surface area contributed by atoms with Crippen molar-refractivity contribution in [3.63, 3.8) is 0 Å². The summed E-state index contributed by atoms with van der Waals surface area (Å²) in [5, 5.41) is 7.32.